The van der Waals surface area contributed by atoms with Gasteiger partial charge in [-0.05, 0) is 71.3 Å². The van der Waals surface area contributed by atoms with Gasteiger partial charge in [-0.25, -0.2) is 0 Å². The van der Waals surface area contributed by atoms with Crippen LogP contribution in [0.15, 0.2) is 91.0 Å². The zero-order valence-corrected chi connectivity index (χ0v) is 32.7. The molecule has 0 spiro atoms. The van der Waals surface area contributed by atoms with Gasteiger partial charge in [-0.15, -0.1) is 0 Å². The average molecular weight is 781 g/mol. The van der Waals surface area contributed by atoms with Crippen molar-refractivity contribution in [1.82, 2.24) is 26.6 Å². The van der Waals surface area contributed by atoms with Crippen molar-refractivity contribution in [2.45, 2.75) is 84.1 Å². The zero-order valence-electron chi connectivity index (χ0n) is 32.7. The van der Waals surface area contributed by atoms with Crippen molar-refractivity contribution in [2.24, 2.45) is 17.6 Å². The molecule has 4 aromatic rings. The summed E-state index contributed by atoms with van der Waals surface area (Å²) < 4.78 is 0. The number of nitrogens with two attached hydrogens (primary N) is 1. The molecule has 14 heteroatoms. The minimum atomic E-state index is -1.21. The molecule has 0 aliphatic carbocycles. The maximum atomic E-state index is 14.1. The van der Waals surface area contributed by atoms with Crippen molar-refractivity contribution in [2.75, 3.05) is 0 Å². The van der Waals surface area contributed by atoms with Crippen LogP contribution >= 0.6 is 0 Å². The summed E-state index contributed by atoms with van der Waals surface area (Å²) in [7, 11) is 0. The number of hydrogen-bond acceptors (Lipinski definition) is 8. The van der Waals surface area contributed by atoms with Crippen molar-refractivity contribution in [3.8, 4) is 11.5 Å². The lowest BCUT2D eigenvalue weighted by molar-refractivity contribution is -0.135. The Kier molecular flexibility index (Phi) is 15.1. The molecule has 0 fully saturated rings. The number of amides is 6. The maximum Gasteiger partial charge on any atom is 0.255 e. The second-order valence-electron chi connectivity index (χ2n) is 14.9. The van der Waals surface area contributed by atoms with E-state index in [1.807, 2.05) is 19.9 Å². The van der Waals surface area contributed by atoms with E-state index in [4.69, 9.17) is 5.73 Å². The standard InChI is InChI=1S/C43H52N6O8/c1-24(2)18-33(46-39(53)32-22-30-21-31(50)17-16-29(30)23-36(32)51)42(56)49-37(25(3)4)43(57)48-35(20-28-14-10-7-11-15-28)41(55)47-34(19-27-12-8-6-9-13-27)40(54)45-26(5)38(44)52/h6-17,21-26,33-35,37,50-51H,18-20H2,1-5H3,(H2,44,52)(H,45,54)(H,46,53)(H,47,55)(H,48,57)(H,49,56)/t26-,33-,34-,35-,37-/m1/s1. The number of primary amides is 1. The van der Waals surface area contributed by atoms with Crippen molar-refractivity contribution < 1.29 is 39.0 Å². The molecule has 0 aliphatic rings. The maximum absolute atomic E-state index is 14.1. The molecule has 0 saturated heterocycles. The van der Waals surface area contributed by atoms with Crippen LogP contribution in [0.5, 0.6) is 11.5 Å². The van der Waals surface area contributed by atoms with Crippen LogP contribution in [0.3, 0.4) is 0 Å². The molecule has 0 saturated carbocycles. The summed E-state index contributed by atoms with van der Waals surface area (Å²) >= 11 is 0. The normalized spacial score (nSPS) is 13.8. The molecule has 0 aromatic heterocycles. The molecule has 5 atom stereocenters. The number of phenolic OH excluding ortho intramolecular Hbond substituents is 2. The minimum Gasteiger partial charge on any atom is -0.508 e. The predicted molar refractivity (Wildman–Crippen MR) is 216 cm³/mol. The molecule has 0 radical (unpaired) electrons. The molecule has 14 nitrogen and oxygen atoms in total. The van der Waals surface area contributed by atoms with Crippen molar-refractivity contribution in [3.63, 3.8) is 0 Å². The topological polar surface area (TPSA) is 229 Å². The fraction of sp³-hybridized carbons (Fsp3) is 0.349. The highest BCUT2D eigenvalue weighted by molar-refractivity contribution is 6.04. The van der Waals surface area contributed by atoms with Gasteiger partial charge < -0.3 is 42.5 Å². The Bertz CT molecular complexity index is 2060. The van der Waals surface area contributed by atoms with Crippen molar-refractivity contribution in [3.05, 3.63) is 108 Å². The SMILES string of the molecule is CC(C)C[C@@H](NC(=O)c1cc2cc(O)ccc2cc1O)C(=O)N[C@@H](C(=O)N[C@H](Cc1ccccc1)C(=O)N[C@H](Cc1ccccc1)C(=O)N[C@H](C)C(N)=O)C(C)C. The number of carbonyl (C=O) groups is 6. The van der Waals surface area contributed by atoms with Gasteiger partial charge >= 0.3 is 0 Å². The lowest BCUT2D eigenvalue weighted by Crippen LogP contribution is -2.60. The third-order valence-corrected chi connectivity index (χ3v) is 9.38. The van der Waals surface area contributed by atoms with Crippen LogP contribution in [0.2, 0.25) is 0 Å². The second kappa shape index (κ2) is 19.9. The van der Waals surface area contributed by atoms with Gasteiger partial charge in [0, 0.05) is 12.8 Å². The van der Waals surface area contributed by atoms with Gasteiger partial charge in [-0.2, -0.15) is 0 Å². The first-order chi connectivity index (χ1) is 27.0. The summed E-state index contributed by atoms with van der Waals surface area (Å²) in [6.45, 7) is 8.59. The van der Waals surface area contributed by atoms with Gasteiger partial charge in [-0.1, -0.05) is 94.4 Å². The highest BCUT2D eigenvalue weighted by atomic mass is 16.3. The van der Waals surface area contributed by atoms with Crippen LogP contribution in [0.4, 0.5) is 0 Å². The van der Waals surface area contributed by atoms with Gasteiger partial charge in [0.05, 0.1) is 5.56 Å². The number of hydrogen-bond donors (Lipinski definition) is 8. The first-order valence-corrected chi connectivity index (χ1v) is 18.9. The molecule has 0 heterocycles. The van der Waals surface area contributed by atoms with E-state index in [1.54, 1.807) is 74.5 Å². The van der Waals surface area contributed by atoms with Crippen LogP contribution in [0.1, 0.15) is 62.5 Å². The third kappa shape index (κ3) is 12.5. The quantitative estimate of drug-likeness (QED) is 0.0747. The Labute approximate surface area is 332 Å². The number of nitrogens with one attached hydrogen (secondary N) is 5. The molecule has 4 rings (SSSR count). The molecule has 0 unspecified atom stereocenters. The van der Waals surface area contributed by atoms with Crippen LogP contribution in [0, 0.1) is 11.8 Å². The van der Waals surface area contributed by atoms with Gasteiger partial charge in [0.25, 0.3) is 5.91 Å². The number of rotatable bonds is 18. The van der Waals surface area contributed by atoms with E-state index in [2.05, 4.69) is 26.6 Å². The van der Waals surface area contributed by atoms with Crippen molar-refractivity contribution >= 4 is 46.2 Å². The Balaban J connectivity index is 1.56. The third-order valence-electron chi connectivity index (χ3n) is 9.38. The zero-order chi connectivity index (χ0) is 41.8. The Morgan fingerprint density at radius 1 is 0.579 bits per heavy atom. The first-order valence-electron chi connectivity index (χ1n) is 18.9. The van der Waals surface area contributed by atoms with Gasteiger partial charge in [-0.3, -0.25) is 28.8 Å². The summed E-state index contributed by atoms with van der Waals surface area (Å²) in [6.07, 6.45) is 0.300. The average Bonchev–Trinajstić information content (AvgIpc) is 3.16. The van der Waals surface area contributed by atoms with Crippen molar-refractivity contribution in [1.29, 1.82) is 0 Å². The van der Waals surface area contributed by atoms with Gasteiger partial charge in [0.2, 0.25) is 29.5 Å². The highest BCUT2D eigenvalue weighted by Crippen LogP contribution is 2.28. The minimum absolute atomic E-state index is 0.0227. The van der Waals surface area contributed by atoms with Crippen LogP contribution in [-0.4, -0.2) is 75.9 Å². The van der Waals surface area contributed by atoms with Crippen LogP contribution in [-0.2, 0) is 36.8 Å². The Morgan fingerprint density at radius 3 is 1.63 bits per heavy atom. The lowest BCUT2D eigenvalue weighted by Gasteiger charge is -2.29. The van der Waals surface area contributed by atoms with E-state index in [-0.39, 0.29) is 42.2 Å². The van der Waals surface area contributed by atoms with Gasteiger partial charge in [0.15, 0.2) is 0 Å². The molecule has 9 N–H and O–H groups in total. The second-order valence-corrected chi connectivity index (χ2v) is 14.9. The summed E-state index contributed by atoms with van der Waals surface area (Å²) in [5.74, 6) is -5.04. The molecule has 0 bridgehead atoms. The largest absolute Gasteiger partial charge is 0.508 e. The lowest BCUT2D eigenvalue weighted by atomic mass is 9.98. The van der Waals surface area contributed by atoms with Gasteiger partial charge in [0.1, 0.15) is 41.7 Å². The monoisotopic (exact) mass is 780 g/mol. The van der Waals surface area contributed by atoms with E-state index in [0.29, 0.717) is 16.3 Å². The highest BCUT2D eigenvalue weighted by Gasteiger charge is 2.34. The van der Waals surface area contributed by atoms with E-state index in [1.165, 1.54) is 31.2 Å². The molecule has 57 heavy (non-hydrogen) atoms. The smallest absolute Gasteiger partial charge is 0.255 e. The number of carbonyl (C=O) groups excluding carboxylic acids is 6. The molecule has 4 aromatic carbocycles. The fourth-order valence-electron chi connectivity index (χ4n) is 6.22. The number of benzene rings is 4. The number of aromatic hydroxyl groups is 2. The molecule has 0 aliphatic heterocycles. The summed E-state index contributed by atoms with van der Waals surface area (Å²) in [4.78, 5) is 80.7. The molecular weight excluding hydrogens is 729 g/mol. The molecular formula is C43H52N6O8. The first kappa shape index (κ1) is 43.3. The van der Waals surface area contributed by atoms with E-state index < -0.39 is 71.6 Å². The Hall–Kier alpha value is -6.44. The summed E-state index contributed by atoms with van der Waals surface area (Å²) in [5, 5.41) is 35.2. The fourth-order valence-corrected chi connectivity index (χ4v) is 6.22. The molecule has 302 valence electrons. The summed E-state index contributed by atoms with van der Waals surface area (Å²) in [5.41, 5.74) is 6.71. The summed E-state index contributed by atoms with van der Waals surface area (Å²) in [6, 6.07) is 19.5. The number of fused-ring (bicyclic) bond motifs is 1. The van der Waals surface area contributed by atoms with Crippen LogP contribution < -0.4 is 32.3 Å². The van der Waals surface area contributed by atoms with E-state index >= 15 is 0 Å². The van der Waals surface area contributed by atoms with E-state index in [0.717, 1.165) is 5.56 Å². The van der Waals surface area contributed by atoms with E-state index in [9.17, 15) is 39.0 Å². The Morgan fingerprint density at radius 2 is 1.11 bits per heavy atom. The number of phenols is 2. The molecule has 6 amide bonds. The predicted octanol–water partition coefficient (Wildman–Crippen LogP) is 2.98. The van der Waals surface area contributed by atoms with Crippen LogP contribution in [0.25, 0.3) is 10.8 Å².